The highest BCUT2D eigenvalue weighted by Crippen LogP contribution is 2.26. The average Bonchev–Trinajstić information content (AvgIpc) is 2.93. The molecule has 2 N–H and O–H groups in total. The Morgan fingerprint density at radius 2 is 1.73 bits per heavy atom. The number of piperazine rings is 1. The molecule has 11 heteroatoms. The lowest BCUT2D eigenvalue weighted by atomic mass is 10.1. The maximum absolute atomic E-state index is 12.9. The zero-order valence-electron chi connectivity index (χ0n) is 23.8. The van der Waals surface area contributed by atoms with Crippen molar-refractivity contribution in [2.45, 2.75) is 83.6 Å². The van der Waals surface area contributed by atoms with Gasteiger partial charge in [0.1, 0.15) is 18.4 Å². The fraction of sp³-hybridized carbons (Fsp3) is 0.655. The van der Waals surface area contributed by atoms with E-state index in [4.69, 9.17) is 26.4 Å². The molecule has 0 aromatic heterocycles. The molecule has 1 heterocycles. The van der Waals surface area contributed by atoms with E-state index in [0.717, 1.165) is 19.3 Å². The molecule has 1 unspecified atom stereocenters. The molecule has 224 valence electrons. The SMILES string of the molecule is CCCCCCCCCCCCOC(=O)CC1C(=O)NCCN1C(=S)NC(=O)c1ccc(OCCOC)c(Br)c1. The Hall–Kier alpha value is -2.24. The number of nitrogens with zero attached hydrogens (tertiary/aromatic N) is 1. The van der Waals surface area contributed by atoms with E-state index in [1.165, 1.54) is 44.9 Å². The predicted octanol–water partition coefficient (Wildman–Crippen LogP) is 5.14. The lowest BCUT2D eigenvalue weighted by Crippen LogP contribution is -2.60. The second-order valence-electron chi connectivity index (χ2n) is 9.85. The van der Waals surface area contributed by atoms with Gasteiger partial charge in [0.15, 0.2) is 5.11 Å². The number of rotatable bonds is 18. The minimum atomic E-state index is -0.843. The number of nitrogens with one attached hydrogen (secondary N) is 2. The highest BCUT2D eigenvalue weighted by Gasteiger charge is 2.34. The van der Waals surface area contributed by atoms with E-state index in [9.17, 15) is 14.4 Å². The zero-order valence-corrected chi connectivity index (χ0v) is 26.2. The smallest absolute Gasteiger partial charge is 0.308 e. The van der Waals surface area contributed by atoms with Gasteiger partial charge in [-0.05, 0) is 52.8 Å². The number of thiocarbonyl (C=S) groups is 1. The third-order valence-corrected chi connectivity index (χ3v) is 7.63. The first-order valence-corrected chi connectivity index (χ1v) is 15.5. The van der Waals surface area contributed by atoms with Crippen LogP contribution in [0.5, 0.6) is 5.75 Å². The van der Waals surface area contributed by atoms with Crippen molar-refractivity contribution in [3.8, 4) is 5.75 Å². The van der Waals surface area contributed by atoms with Crippen molar-refractivity contribution in [2.24, 2.45) is 0 Å². The molecule has 1 aliphatic rings. The molecule has 0 spiro atoms. The normalized spacial score (nSPS) is 14.9. The molecule has 1 saturated heterocycles. The van der Waals surface area contributed by atoms with Gasteiger partial charge in [0.25, 0.3) is 5.91 Å². The van der Waals surface area contributed by atoms with E-state index in [0.29, 0.717) is 48.7 Å². The van der Waals surface area contributed by atoms with Crippen LogP contribution < -0.4 is 15.4 Å². The van der Waals surface area contributed by atoms with Crippen molar-refractivity contribution in [1.82, 2.24) is 15.5 Å². The summed E-state index contributed by atoms with van der Waals surface area (Å²) in [6, 6.07) is 4.09. The second-order valence-corrected chi connectivity index (χ2v) is 11.1. The maximum atomic E-state index is 12.9. The third-order valence-electron chi connectivity index (χ3n) is 6.67. The van der Waals surface area contributed by atoms with Crippen molar-refractivity contribution in [3.63, 3.8) is 0 Å². The number of halogens is 1. The summed E-state index contributed by atoms with van der Waals surface area (Å²) in [5.41, 5.74) is 0.363. The Bertz CT molecular complexity index is 964. The van der Waals surface area contributed by atoms with Crippen LogP contribution in [0.4, 0.5) is 0 Å². The van der Waals surface area contributed by atoms with E-state index in [2.05, 4.69) is 33.5 Å². The summed E-state index contributed by atoms with van der Waals surface area (Å²) in [6.45, 7) is 4.12. The van der Waals surface area contributed by atoms with Crippen LogP contribution in [0.3, 0.4) is 0 Å². The molecular weight excluding hydrogens is 598 g/mol. The molecule has 0 saturated carbocycles. The number of hydrogen-bond donors (Lipinski definition) is 2. The summed E-state index contributed by atoms with van der Waals surface area (Å²) < 4.78 is 16.6. The molecule has 0 aliphatic carbocycles. The fourth-order valence-electron chi connectivity index (χ4n) is 4.39. The van der Waals surface area contributed by atoms with Gasteiger partial charge >= 0.3 is 5.97 Å². The van der Waals surface area contributed by atoms with Gasteiger partial charge in [-0.2, -0.15) is 0 Å². The van der Waals surface area contributed by atoms with Crippen LogP contribution in [0.2, 0.25) is 0 Å². The van der Waals surface area contributed by atoms with Crippen molar-refractivity contribution in [3.05, 3.63) is 28.2 Å². The Kier molecular flexibility index (Phi) is 16.8. The van der Waals surface area contributed by atoms with Crippen molar-refractivity contribution in [1.29, 1.82) is 0 Å². The summed E-state index contributed by atoms with van der Waals surface area (Å²) in [5, 5.41) is 5.54. The molecular formula is C29H44BrN3O6S. The van der Waals surface area contributed by atoms with E-state index in [-0.39, 0.29) is 17.4 Å². The van der Waals surface area contributed by atoms with Gasteiger partial charge in [0, 0.05) is 25.8 Å². The molecule has 1 aromatic carbocycles. The summed E-state index contributed by atoms with van der Waals surface area (Å²) in [7, 11) is 1.59. The van der Waals surface area contributed by atoms with E-state index < -0.39 is 17.9 Å². The van der Waals surface area contributed by atoms with Crippen LogP contribution in [0.15, 0.2) is 22.7 Å². The number of benzene rings is 1. The lowest BCUT2D eigenvalue weighted by Gasteiger charge is -2.36. The molecule has 0 bridgehead atoms. The number of amides is 2. The highest BCUT2D eigenvalue weighted by atomic mass is 79.9. The van der Waals surface area contributed by atoms with E-state index >= 15 is 0 Å². The number of hydrogen-bond acceptors (Lipinski definition) is 7. The predicted molar refractivity (Wildman–Crippen MR) is 163 cm³/mol. The van der Waals surface area contributed by atoms with Crippen LogP contribution in [0.1, 0.15) is 87.9 Å². The first-order valence-electron chi connectivity index (χ1n) is 14.3. The van der Waals surface area contributed by atoms with E-state index in [1.54, 1.807) is 30.2 Å². The molecule has 0 radical (unpaired) electrons. The monoisotopic (exact) mass is 641 g/mol. The Morgan fingerprint density at radius 3 is 2.38 bits per heavy atom. The van der Waals surface area contributed by atoms with Crippen molar-refractivity contribution >= 4 is 51.0 Å². The van der Waals surface area contributed by atoms with Gasteiger partial charge in [-0.3, -0.25) is 19.7 Å². The summed E-state index contributed by atoms with van der Waals surface area (Å²) in [6.07, 6.45) is 11.8. The number of carbonyl (C=O) groups is 3. The van der Waals surface area contributed by atoms with E-state index in [1.807, 2.05) is 0 Å². The van der Waals surface area contributed by atoms with Crippen LogP contribution in [0, 0.1) is 0 Å². The number of methoxy groups -OCH3 is 1. The fourth-order valence-corrected chi connectivity index (χ4v) is 5.19. The Morgan fingerprint density at radius 1 is 1.05 bits per heavy atom. The van der Waals surface area contributed by atoms with Gasteiger partial charge in [-0.25, -0.2) is 0 Å². The number of esters is 1. The number of unbranched alkanes of at least 4 members (excludes halogenated alkanes) is 9. The van der Waals surface area contributed by atoms with Gasteiger partial charge < -0.3 is 24.4 Å². The quantitative estimate of drug-likeness (QED) is 0.129. The second kappa shape index (κ2) is 19.8. The highest BCUT2D eigenvalue weighted by molar-refractivity contribution is 9.10. The Balaban J connectivity index is 1.77. The molecule has 1 atom stereocenters. The summed E-state index contributed by atoms with van der Waals surface area (Å²) in [5.74, 6) is -0.619. The standard InChI is InChI=1S/C29H44BrN3O6S/c1-3-4-5-6-7-8-9-10-11-12-17-39-26(34)21-24-28(36)31-15-16-33(24)29(40)32-27(35)22-13-14-25(23(30)20-22)38-19-18-37-2/h13-14,20,24H,3-12,15-19,21H2,1-2H3,(H,31,36)(H,32,35,40). The molecule has 2 rings (SSSR count). The van der Waals surface area contributed by atoms with Gasteiger partial charge in [-0.15, -0.1) is 0 Å². The minimum absolute atomic E-state index is 0.0869. The minimum Gasteiger partial charge on any atom is -0.490 e. The number of carbonyl (C=O) groups excluding carboxylic acids is 3. The third kappa shape index (κ3) is 12.5. The molecule has 1 aliphatic heterocycles. The maximum Gasteiger partial charge on any atom is 0.308 e. The summed E-state index contributed by atoms with van der Waals surface area (Å²) >= 11 is 8.87. The van der Waals surface area contributed by atoms with Gasteiger partial charge in [0.2, 0.25) is 5.91 Å². The van der Waals surface area contributed by atoms with Crippen LogP contribution in [0.25, 0.3) is 0 Å². The molecule has 40 heavy (non-hydrogen) atoms. The van der Waals surface area contributed by atoms with Crippen LogP contribution in [-0.2, 0) is 19.1 Å². The summed E-state index contributed by atoms with van der Waals surface area (Å²) in [4.78, 5) is 39.5. The molecule has 1 aromatic rings. The topological polar surface area (TPSA) is 106 Å². The lowest BCUT2D eigenvalue weighted by molar-refractivity contribution is -0.147. The Labute approximate surface area is 252 Å². The largest absolute Gasteiger partial charge is 0.490 e. The molecule has 1 fully saturated rings. The first kappa shape index (κ1) is 34.0. The van der Waals surface area contributed by atoms with Crippen LogP contribution in [-0.4, -0.2) is 73.9 Å². The van der Waals surface area contributed by atoms with Crippen molar-refractivity contribution < 1.29 is 28.6 Å². The first-order chi connectivity index (χ1) is 19.4. The molecule has 2 amide bonds. The average molecular weight is 643 g/mol. The van der Waals surface area contributed by atoms with Gasteiger partial charge in [0.05, 0.1) is 24.1 Å². The van der Waals surface area contributed by atoms with Gasteiger partial charge in [-0.1, -0.05) is 64.7 Å². The van der Waals surface area contributed by atoms with Crippen LogP contribution >= 0.6 is 28.1 Å². The molecule has 9 nitrogen and oxygen atoms in total. The number of ether oxygens (including phenoxy) is 3. The van der Waals surface area contributed by atoms with Crippen molar-refractivity contribution in [2.75, 3.05) is 40.0 Å². The zero-order chi connectivity index (χ0) is 29.2.